The smallest absolute Gasteiger partial charge is 0.128 e. The van der Waals surface area contributed by atoms with Crippen LogP contribution in [0.2, 0.25) is 0 Å². The Morgan fingerprint density at radius 2 is 2.00 bits per heavy atom. The molecule has 0 aliphatic carbocycles. The predicted octanol–water partition coefficient (Wildman–Crippen LogP) is 4.24. The summed E-state index contributed by atoms with van der Waals surface area (Å²) in [6, 6.07) is 9.65. The van der Waals surface area contributed by atoms with Crippen LogP contribution in [0.5, 0.6) is 0 Å². The van der Waals surface area contributed by atoms with E-state index >= 15 is 0 Å². The highest BCUT2D eigenvalue weighted by molar-refractivity contribution is 5.59. The molecule has 3 rings (SSSR count). The van der Waals surface area contributed by atoms with Gasteiger partial charge in [-0.1, -0.05) is 19.1 Å². The molecule has 2 aromatic carbocycles. The zero-order valence-corrected chi connectivity index (χ0v) is 10.7. The zero-order valence-electron chi connectivity index (χ0n) is 10.7. The van der Waals surface area contributed by atoms with Crippen molar-refractivity contribution in [3.05, 3.63) is 64.7 Å². The second kappa shape index (κ2) is 4.65. The highest BCUT2D eigenvalue weighted by atomic mass is 19.1. The van der Waals surface area contributed by atoms with Crippen molar-refractivity contribution in [2.45, 2.75) is 25.8 Å². The molecule has 2 aromatic rings. The van der Waals surface area contributed by atoms with Crippen LogP contribution >= 0.6 is 0 Å². The number of fused-ring (bicyclic) bond motifs is 1. The molecule has 0 saturated heterocycles. The lowest BCUT2D eigenvalue weighted by atomic mass is 10.0. The molecule has 1 nitrogen and oxygen atoms in total. The minimum atomic E-state index is -0.400. The van der Waals surface area contributed by atoms with Crippen LogP contribution in [0.15, 0.2) is 36.4 Å². The van der Waals surface area contributed by atoms with Crippen molar-refractivity contribution in [2.24, 2.45) is 0 Å². The van der Waals surface area contributed by atoms with E-state index < -0.39 is 5.82 Å². The van der Waals surface area contributed by atoms with Gasteiger partial charge in [0.2, 0.25) is 0 Å². The fraction of sp³-hybridized carbons (Fsp3) is 0.250. The average Bonchev–Trinajstić information content (AvgIpc) is 2.83. The number of halogens is 2. The fourth-order valence-electron chi connectivity index (χ4n) is 2.60. The lowest BCUT2D eigenvalue weighted by Crippen LogP contribution is -2.08. The Morgan fingerprint density at radius 1 is 1.16 bits per heavy atom. The Balaban J connectivity index is 1.93. The van der Waals surface area contributed by atoms with Gasteiger partial charge in [0, 0.05) is 11.3 Å². The Bertz CT molecular complexity index is 622. The molecule has 19 heavy (non-hydrogen) atoms. The molecule has 0 spiro atoms. The first-order valence-corrected chi connectivity index (χ1v) is 6.50. The maximum absolute atomic E-state index is 13.8. The summed E-state index contributed by atoms with van der Waals surface area (Å²) in [6.07, 6.45) is 1.68. The number of nitrogens with one attached hydrogen (secondary N) is 1. The first-order chi connectivity index (χ1) is 9.17. The number of aryl methyl sites for hydroxylation is 1. The van der Waals surface area contributed by atoms with Crippen LogP contribution in [0.1, 0.15) is 29.7 Å². The largest absolute Gasteiger partial charge is 0.378 e. The van der Waals surface area contributed by atoms with E-state index in [1.165, 1.54) is 23.3 Å². The lowest BCUT2D eigenvalue weighted by Gasteiger charge is -2.12. The first kappa shape index (κ1) is 12.2. The third-order valence-corrected chi connectivity index (χ3v) is 3.67. The van der Waals surface area contributed by atoms with E-state index in [0.29, 0.717) is 12.0 Å². The summed E-state index contributed by atoms with van der Waals surface area (Å²) in [6.45, 7) is 2.10. The van der Waals surface area contributed by atoms with Crippen molar-refractivity contribution in [1.29, 1.82) is 0 Å². The zero-order chi connectivity index (χ0) is 13.4. The van der Waals surface area contributed by atoms with Crippen molar-refractivity contribution >= 4 is 5.69 Å². The third kappa shape index (κ3) is 2.21. The molecule has 98 valence electrons. The van der Waals surface area contributed by atoms with Gasteiger partial charge < -0.3 is 5.32 Å². The second-order valence-electron chi connectivity index (χ2n) is 4.91. The lowest BCUT2D eigenvalue weighted by molar-refractivity contribution is 0.573. The van der Waals surface area contributed by atoms with Gasteiger partial charge >= 0.3 is 0 Å². The van der Waals surface area contributed by atoms with Gasteiger partial charge in [-0.05, 0) is 48.2 Å². The van der Waals surface area contributed by atoms with Crippen molar-refractivity contribution in [3.8, 4) is 0 Å². The SMILES string of the molecule is CCc1ccc2c(c1)CC(c1cc(F)ccc1F)N2. The summed E-state index contributed by atoms with van der Waals surface area (Å²) in [5.74, 6) is -0.758. The molecule has 0 fully saturated rings. The van der Waals surface area contributed by atoms with Gasteiger partial charge in [0.25, 0.3) is 0 Å². The van der Waals surface area contributed by atoms with Crippen molar-refractivity contribution in [3.63, 3.8) is 0 Å². The molecule has 0 aromatic heterocycles. The van der Waals surface area contributed by atoms with Crippen LogP contribution in [-0.2, 0) is 12.8 Å². The molecule has 0 saturated carbocycles. The minimum Gasteiger partial charge on any atom is -0.378 e. The maximum atomic E-state index is 13.8. The van der Waals surface area contributed by atoms with Gasteiger partial charge in [0.15, 0.2) is 0 Å². The van der Waals surface area contributed by atoms with Gasteiger partial charge in [-0.2, -0.15) is 0 Å². The summed E-state index contributed by atoms with van der Waals surface area (Å²) in [5.41, 5.74) is 3.86. The van der Waals surface area contributed by atoms with E-state index in [2.05, 4.69) is 24.4 Å². The van der Waals surface area contributed by atoms with E-state index in [9.17, 15) is 8.78 Å². The average molecular weight is 259 g/mol. The molecular formula is C16H15F2N. The molecule has 0 bridgehead atoms. The van der Waals surface area contributed by atoms with E-state index in [0.717, 1.165) is 18.2 Å². The second-order valence-corrected chi connectivity index (χ2v) is 4.91. The third-order valence-electron chi connectivity index (χ3n) is 3.67. The molecule has 1 unspecified atom stereocenters. The summed E-state index contributed by atoms with van der Waals surface area (Å²) in [7, 11) is 0. The predicted molar refractivity (Wildman–Crippen MR) is 72.2 cm³/mol. The van der Waals surface area contributed by atoms with Crippen molar-refractivity contribution in [2.75, 3.05) is 5.32 Å². The summed E-state index contributed by atoms with van der Waals surface area (Å²) < 4.78 is 27.0. The van der Waals surface area contributed by atoms with E-state index in [1.807, 2.05) is 6.07 Å². The number of anilines is 1. The first-order valence-electron chi connectivity index (χ1n) is 6.50. The molecule has 1 aliphatic rings. The molecule has 3 heteroatoms. The maximum Gasteiger partial charge on any atom is 0.128 e. The van der Waals surface area contributed by atoms with Gasteiger partial charge in [-0.25, -0.2) is 8.78 Å². The van der Waals surface area contributed by atoms with Crippen LogP contribution in [-0.4, -0.2) is 0 Å². The van der Waals surface area contributed by atoms with Gasteiger partial charge in [0.1, 0.15) is 11.6 Å². The monoisotopic (exact) mass is 259 g/mol. The molecular weight excluding hydrogens is 244 g/mol. The minimum absolute atomic E-state index is 0.183. The quantitative estimate of drug-likeness (QED) is 0.850. The summed E-state index contributed by atoms with van der Waals surface area (Å²) in [5, 5.41) is 3.26. The highest BCUT2D eigenvalue weighted by Gasteiger charge is 2.24. The van der Waals surface area contributed by atoms with E-state index in [1.54, 1.807) is 0 Å². The topological polar surface area (TPSA) is 12.0 Å². The Labute approximate surface area is 111 Å². The number of rotatable bonds is 2. The molecule has 1 aliphatic heterocycles. The molecule has 1 atom stereocenters. The Kier molecular flexibility index (Phi) is 2.97. The van der Waals surface area contributed by atoms with Gasteiger partial charge in [-0.3, -0.25) is 0 Å². The molecule has 0 amide bonds. The Hall–Kier alpha value is -1.90. The van der Waals surface area contributed by atoms with Gasteiger partial charge in [0.05, 0.1) is 6.04 Å². The van der Waals surface area contributed by atoms with Crippen LogP contribution in [0.25, 0.3) is 0 Å². The van der Waals surface area contributed by atoms with Gasteiger partial charge in [-0.15, -0.1) is 0 Å². The number of hydrogen-bond donors (Lipinski definition) is 1. The van der Waals surface area contributed by atoms with Crippen LogP contribution in [0.3, 0.4) is 0 Å². The van der Waals surface area contributed by atoms with Crippen LogP contribution in [0, 0.1) is 11.6 Å². The van der Waals surface area contributed by atoms with E-state index in [-0.39, 0.29) is 11.9 Å². The highest BCUT2D eigenvalue weighted by Crippen LogP contribution is 2.35. The van der Waals surface area contributed by atoms with Crippen molar-refractivity contribution in [1.82, 2.24) is 0 Å². The van der Waals surface area contributed by atoms with Crippen LogP contribution in [0.4, 0.5) is 14.5 Å². The van der Waals surface area contributed by atoms with E-state index in [4.69, 9.17) is 0 Å². The normalized spacial score (nSPS) is 17.1. The summed E-state index contributed by atoms with van der Waals surface area (Å²) >= 11 is 0. The number of hydrogen-bond acceptors (Lipinski definition) is 1. The standard InChI is InChI=1S/C16H15F2N/c1-2-10-3-6-15-11(7-10)8-16(19-15)13-9-12(17)4-5-14(13)18/h3-7,9,16,19H,2,8H2,1H3. The van der Waals surface area contributed by atoms with Crippen LogP contribution < -0.4 is 5.32 Å². The van der Waals surface area contributed by atoms with Crippen molar-refractivity contribution < 1.29 is 8.78 Å². The Morgan fingerprint density at radius 3 is 2.79 bits per heavy atom. The number of benzene rings is 2. The summed E-state index contributed by atoms with van der Waals surface area (Å²) in [4.78, 5) is 0. The fourth-order valence-corrected chi connectivity index (χ4v) is 2.60. The molecule has 1 N–H and O–H groups in total. The molecule has 1 heterocycles. The molecule has 0 radical (unpaired) electrons.